The maximum Gasteiger partial charge on any atom is 0.351 e. The summed E-state index contributed by atoms with van der Waals surface area (Å²) in [5, 5.41) is 19.6. The summed E-state index contributed by atoms with van der Waals surface area (Å²) in [5.74, 6) is -0.918. The second kappa shape index (κ2) is 5.49. The third-order valence-electron chi connectivity index (χ3n) is 3.48. The number of methoxy groups -OCH3 is 1. The summed E-state index contributed by atoms with van der Waals surface area (Å²) in [7, 11) is 1.51. The van der Waals surface area contributed by atoms with Gasteiger partial charge in [0.15, 0.2) is 0 Å². The van der Waals surface area contributed by atoms with Crippen LogP contribution in [0.4, 0.5) is 0 Å². The fraction of sp³-hybridized carbons (Fsp3) is 0.0588. The first-order valence-electron chi connectivity index (χ1n) is 6.69. The topological polar surface area (TPSA) is 97.0 Å². The molecule has 0 fully saturated rings. The number of hydrogen-bond acceptors (Lipinski definition) is 5. The summed E-state index contributed by atoms with van der Waals surface area (Å²) in [6, 6.07) is 11.1. The highest BCUT2D eigenvalue weighted by molar-refractivity contribution is 5.94. The van der Waals surface area contributed by atoms with Crippen molar-refractivity contribution < 1.29 is 24.2 Å². The zero-order chi connectivity index (χ0) is 16.6. The van der Waals surface area contributed by atoms with Crippen LogP contribution in [0.5, 0.6) is 11.5 Å². The lowest BCUT2D eigenvalue weighted by Gasteiger charge is -2.11. The zero-order valence-electron chi connectivity index (χ0n) is 12.1. The highest BCUT2D eigenvalue weighted by Crippen LogP contribution is 2.38. The predicted octanol–water partition coefficient (Wildman–Crippen LogP) is 2.87. The molecular formula is C17H12O6. The van der Waals surface area contributed by atoms with Crippen LogP contribution in [0, 0.1) is 0 Å². The van der Waals surface area contributed by atoms with Crippen molar-refractivity contribution in [2.75, 3.05) is 7.11 Å². The smallest absolute Gasteiger partial charge is 0.351 e. The average molecular weight is 312 g/mol. The Hall–Kier alpha value is -3.28. The second-order valence-electron chi connectivity index (χ2n) is 4.86. The highest BCUT2D eigenvalue weighted by Gasteiger charge is 2.16. The Bertz CT molecular complexity index is 970. The second-order valence-corrected chi connectivity index (χ2v) is 4.86. The van der Waals surface area contributed by atoms with Crippen molar-refractivity contribution in [2.45, 2.75) is 0 Å². The lowest BCUT2D eigenvalue weighted by atomic mass is 10.0. The zero-order valence-corrected chi connectivity index (χ0v) is 12.1. The van der Waals surface area contributed by atoms with Crippen LogP contribution in [-0.4, -0.2) is 23.3 Å². The van der Waals surface area contributed by atoms with E-state index in [4.69, 9.17) is 14.3 Å². The Morgan fingerprint density at radius 2 is 1.87 bits per heavy atom. The van der Waals surface area contributed by atoms with Crippen molar-refractivity contribution in [3.05, 3.63) is 58.4 Å². The summed E-state index contributed by atoms with van der Waals surface area (Å²) >= 11 is 0. The molecule has 0 atom stereocenters. The van der Waals surface area contributed by atoms with E-state index in [1.165, 1.54) is 19.2 Å². The van der Waals surface area contributed by atoms with E-state index in [0.29, 0.717) is 22.3 Å². The number of phenols is 1. The number of phenolic OH excluding ortho intramolecular Hbond substituents is 1. The minimum absolute atomic E-state index is 0.103. The molecule has 0 unspecified atom stereocenters. The number of carbonyl (C=O) groups is 1. The molecule has 0 saturated carbocycles. The predicted molar refractivity (Wildman–Crippen MR) is 83.1 cm³/mol. The van der Waals surface area contributed by atoms with Crippen molar-refractivity contribution in [3.8, 4) is 22.6 Å². The Balaban J connectivity index is 2.30. The van der Waals surface area contributed by atoms with Crippen LogP contribution < -0.4 is 10.4 Å². The van der Waals surface area contributed by atoms with Gasteiger partial charge in [0.25, 0.3) is 0 Å². The number of ether oxygens (including phenoxy) is 1. The molecule has 0 aliphatic rings. The number of rotatable bonds is 3. The van der Waals surface area contributed by atoms with Gasteiger partial charge in [0.2, 0.25) is 0 Å². The molecular weight excluding hydrogens is 300 g/mol. The van der Waals surface area contributed by atoms with E-state index in [0.717, 1.165) is 0 Å². The molecule has 0 bridgehead atoms. The molecule has 0 radical (unpaired) electrons. The molecule has 6 heteroatoms. The molecule has 1 aromatic heterocycles. The van der Waals surface area contributed by atoms with Crippen molar-refractivity contribution in [2.24, 2.45) is 0 Å². The molecule has 0 amide bonds. The van der Waals surface area contributed by atoms with Crippen LogP contribution in [0.25, 0.3) is 22.1 Å². The maximum atomic E-state index is 11.6. The molecule has 3 rings (SSSR count). The highest BCUT2D eigenvalue weighted by atomic mass is 16.5. The van der Waals surface area contributed by atoms with Crippen molar-refractivity contribution >= 4 is 16.9 Å². The number of fused-ring (bicyclic) bond motifs is 1. The molecule has 3 aromatic rings. The summed E-state index contributed by atoms with van der Waals surface area (Å²) in [4.78, 5) is 22.7. The standard InChI is InChI=1S/C17H12O6/c1-22-14-5-3-2-4-10(14)11-6-9-7-12(16(19)20)17(21)23-15(9)8-13(11)18/h2-8,18H,1H3,(H,19,20). The Kier molecular flexibility index (Phi) is 3.50. The van der Waals surface area contributed by atoms with Gasteiger partial charge in [-0.1, -0.05) is 18.2 Å². The number of carboxylic acid groups (broad SMARTS) is 1. The van der Waals surface area contributed by atoms with Gasteiger partial charge in [-0.2, -0.15) is 0 Å². The van der Waals surface area contributed by atoms with Gasteiger partial charge in [0.05, 0.1) is 7.11 Å². The van der Waals surface area contributed by atoms with E-state index in [1.54, 1.807) is 30.3 Å². The fourth-order valence-electron chi connectivity index (χ4n) is 2.39. The molecule has 2 N–H and O–H groups in total. The Labute approximate surface area is 130 Å². The normalized spacial score (nSPS) is 10.7. The van der Waals surface area contributed by atoms with Gasteiger partial charge in [-0.05, 0) is 18.2 Å². The lowest BCUT2D eigenvalue weighted by Crippen LogP contribution is -2.12. The van der Waals surface area contributed by atoms with Gasteiger partial charge in [-0.15, -0.1) is 0 Å². The quantitative estimate of drug-likeness (QED) is 0.722. The molecule has 6 nitrogen and oxygen atoms in total. The van der Waals surface area contributed by atoms with Gasteiger partial charge < -0.3 is 19.4 Å². The van der Waals surface area contributed by atoms with Crippen LogP contribution in [0.15, 0.2) is 51.7 Å². The summed E-state index contributed by atoms with van der Waals surface area (Å²) in [6.45, 7) is 0. The first-order chi connectivity index (χ1) is 11.0. The monoisotopic (exact) mass is 312 g/mol. The number of hydrogen-bond donors (Lipinski definition) is 2. The molecule has 0 saturated heterocycles. The molecule has 0 aliphatic heterocycles. The maximum absolute atomic E-state index is 11.6. The Morgan fingerprint density at radius 1 is 1.13 bits per heavy atom. The van der Waals surface area contributed by atoms with Gasteiger partial charge in [0.1, 0.15) is 22.6 Å². The lowest BCUT2D eigenvalue weighted by molar-refractivity contribution is 0.0692. The minimum atomic E-state index is -1.37. The van der Waals surface area contributed by atoms with Crippen LogP contribution in [0.2, 0.25) is 0 Å². The van der Waals surface area contributed by atoms with E-state index >= 15 is 0 Å². The van der Waals surface area contributed by atoms with Gasteiger partial charge in [-0.3, -0.25) is 0 Å². The van der Waals surface area contributed by atoms with E-state index in [2.05, 4.69) is 0 Å². The minimum Gasteiger partial charge on any atom is -0.507 e. The fourth-order valence-corrected chi connectivity index (χ4v) is 2.39. The summed E-state index contributed by atoms with van der Waals surface area (Å²) < 4.78 is 10.2. The van der Waals surface area contributed by atoms with Crippen molar-refractivity contribution in [3.63, 3.8) is 0 Å². The first-order valence-corrected chi connectivity index (χ1v) is 6.69. The van der Waals surface area contributed by atoms with E-state index in [-0.39, 0.29) is 11.3 Å². The van der Waals surface area contributed by atoms with Gasteiger partial charge >= 0.3 is 11.6 Å². The number of aromatic hydroxyl groups is 1. The molecule has 2 aromatic carbocycles. The number of benzene rings is 2. The number of para-hydroxylation sites is 1. The summed E-state index contributed by atoms with van der Waals surface area (Å²) in [6.07, 6.45) is 0. The van der Waals surface area contributed by atoms with E-state index in [9.17, 15) is 14.7 Å². The third-order valence-corrected chi connectivity index (χ3v) is 3.48. The third kappa shape index (κ3) is 2.50. The largest absolute Gasteiger partial charge is 0.507 e. The molecule has 116 valence electrons. The van der Waals surface area contributed by atoms with E-state index < -0.39 is 17.2 Å². The number of aromatic carboxylic acids is 1. The van der Waals surface area contributed by atoms with Crippen molar-refractivity contribution in [1.82, 2.24) is 0 Å². The van der Waals surface area contributed by atoms with Crippen LogP contribution >= 0.6 is 0 Å². The van der Waals surface area contributed by atoms with Crippen LogP contribution in [0.3, 0.4) is 0 Å². The van der Waals surface area contributed by atoms with Gasteiger partial charge in [-0.25, -0.2) is 9.59 Å². The number of carboxylic acids is 1. The summed E-state index contributed by atoms with van der Waals surface area (Å²) in [5.41, 5.74) is -0.239. The molecule has 0 spiro atoms. The van der Waals surface area contributed by atoms with Crippen LogP contribution in [-0.2, 0) is 0 Å². The molecule has 0 aliphatic carbocycles. The average Bonchev–Trinajstić information content (AvgIpc) is 2.53. The first kappa shape index (κ1) is 14.6. The SMILES string of the molecule is COc1ccccc1-c1cc2cc(C(=O)O)c(=O)oc2cc1O. The van der Waals surface area contributed by atoms with Gasteiger partial charge in [0, 0.05) is 22.6 Å². The Morgan fingerprint density at radius 3 is 2.57 bits per heavy atom. The van der Waals surface area contributed by atoms with Crippen LogP contribution in [0.1, 0.15) is 10.4 Å². The van der Waals surface area contributed by atoms with E-state index in [1.807, 2.05) is 0 Å². The van der Waals surface area contributed by atoms with Crippen molar-refractivity contribution in [1.29, 1.82) is 0 Å². The molecule has 1 heterocycles. The molecule has 23 heavy (non-hydrogen) atoms.